The van der Waals surface area contributed by atoms with Crippen LogP contribution in [-0.4, -0.2) is 38.5 Å². The van der Waals surface area contributed by atoms with Crippen LogP contribution in [0.5, 0.6) is 0 Å². The average molecular weight is 351 g/mol. The highest BCUT2D eigenvalue weighted by molar-refractivity contribution is 9.09. The number of Topliss-reactive ketones (excluding diaryl/α,β-unsaturated/α-hetero) is 1. The Balaban J connectivity index is 2.65. The maximum Gasteiger partial charge on any atom is 0.303 e. The largest absolute Gasteiger partial charge is 0.481 e. The van der Waals surface area contributed by atoms with Crippen molar-refractivity contribution in [3.8, 4) is 0 Å². The van der Waals surface area contributed by atoms with Crippen LogP contribution in [0.3, 0.4) is 0 Å². The highest BCUT2D eigenvalue weighted by atomic mass is 79.9. The smallest absolute Gasteiger partial charge is 0.303 e. The number of thiophene rings is 1. The minimum Gasteiger partial charge on any atom is -0.481 e. The normalized spacial score (nSPS) is 14.1. The number of aliphatic hydroxyl groups is 2. The molecule has 2 unspecified atom stereocenters. The van der Waals surface area contributed by atoms with Crippen molar-refractivity contribution in [3.05, 3.63) is 21.9 Å². The summed E-state index contributed by atoms with van der Waals surface area (Å²) in [5.74, 6) is -1.28. The predicted octanol–water partition coefficient (Wildman–Crippen LogP) is 1.97. The Morgan fingerprint density at radius 1 is 1.26 bits per heavy atom. The number of aliphatic carboxylic acids is 1. The van der Waals surface area contributed by atoms with Crippen molar-refractivity contribution in [1.29, 1.82) is 0 Å². The number of hydrogen-bond acceptors (Lipinski definition) is 5. The topological polar surface area (TPSA) is 94.8 Å². The summed E-state index contributed by atoms with van der Waals surface area (Å²) in [7, 11) is 0. The van der Waals surface area contributed by atoms with E-state index in [0.29, 0.717) is 21.5 Å². The van der Waals surface area contributed by atoms with Crippen LogP contribution in [0, 0.1) is 0 Å². The zero-order valence-electron chi connectivity index (χ0n) is 10.1. The van der Waals surface area contributed by atoms with Gasteiger partial charge in [0.05, 0.1) is 17.4 Å². The Morgan fingerprint density at radius 3 is 2.53 bits per heavy atom. The molecule has 0 aliphatic heterocycles. The van der Waals surface area contributed by atoms with E-state index in [9.17, 15) is 19.8 Å². The molecule has 19 heavy (non-hydrogen) atoms. The number of carboxylic acid groups (broad SMARTS) is 1. The van der Waals surface area contributed by atoms with Crippen molar-refractivity contribution in [2.45, 2.75) is 31.5 Å². The molecule has 0 saturated heterocycles. The molecule has 2 atom stereocenters. The van der Waals surface area contributed by atoms with Gasteiger partial charge in [0.25, 0.3) is 0 Å². The van der Waals surface area contributed by atoms with Crippen molar-refractivity contribution in [3.63, 3.8) is 0 Å². The highest BCUT2D eigenvalue weighted by Gasteiger charge is 2.21. The maximum absolute atomic E-state index is 11.7. The summed E-state index contributed by atoms with van der Waals surface area (Å²) in [6.07, 6.45) is -1.78. The number of halogens is 1. The quantitative estimate of drug-likeness (QED) is 0.492. The number of carbonyl (C=O) groups is 2. The summed E-state index contributed by atoms with van der Waals surface area (Å²) in [5, 5.41) is 28.6. The molecule has 0 spiro atoms. The summed E-state index contributed by atoms with van der Waals surface area (Å²) in [4.78, 5) is 23.0. The van der Waals surface area contributed by atoms with Gasteiger partial charge in [-0.3, -0.25) is 9.59 Å². The number of aliphatic hydroxyl groups excluding tert-OH is 2. The van der Waals surface area contributed by atoms with E-state index < -0.39 is 18.2 Å². The lowest BCUT2D eigenvalue weighted by Gasteiger charge is -2.14. The Bertz CT molecular complexity index is 445. The van der Waals surface area contributed by atoms with Crippen LogP contribution in [0.4, 0.5) is 0 Å². The second kappa shape index (κ2) is 7.74. The second-order valence-electron chi connectivity index (χ2n) is 4.01. The molecule has 0 bridgehead atoms. The van der Waals surface area contributed by atoms with E-state index in [1.165, 1.54) is 0 Å². The van der Waals surface area contributed by atoms with E-state index in [1.54, 1.807) is 12.1 Å². The fourth-order valence-electron chi connectivity index (χ4n) is 1.46. The first kappa shape index (κ1) is 16.3. The second-order valence-corrected chi connectivity index (χ2v) is 5.92. The van der Waals surface area contributed by atoms with Gasteiger partial charge in [-0.05, 0) is 18.6 Å². The molecule has 1 aromatic rings. The van der Waals surface area contributed by atoms with E-state index in [1.807, 2.05) is 0 Å². The van der Waals surface area contributed by atoms with Crippen molar-refractivity contribution < 1.29 is 24.9 Å². The number of carboxylic acids is 1. The van der Waals surface area contributed by atoms with E-state index >= 15 is 0 Å². The van der Waals surface area contributed by atoms with E-state index in [2.05, 4.69) is 15.9 Å². The molecule has 0 aliphatic carbocycles. The molecule has 5 nitrogen and oxygen atoms in total. The third-order valence-electron chi connectivity index (χ3n) is 2.53. The van der Waals surface area contributed by atoms with Gasteiger partial charge < -0.3 is 15.3 Å². The fourth-order valence-corrected chi connectivity index (χ4v) is 2.95. The highest BCUT2D eigenvalue weighted by Crippen LogP contribution is 2.28. The Hall–Kier alpha value is -0.760. The van der Waals surface area contributed by atoms with Crippen LogP contribution >= 0.6 is 27.3 Å². The minimum absolute atomic E-state index is 0.0602. The van der Waals surface area contributed by atoms with E-state index in [4.69, 9.17) is 5.11 Å². The summed E-state index contributed by atoms with van der Waals surface area (Å²) in [6.45, 7) is 0. The Labute approximate surface area is 123 Å². The molecule has 0 fully saturated rings. The Kier molecular flexibility index (Phi) is 6.64. The molecule has 0 amide bonds. The van der Waals surface area contributed by atoms with Crippen LogP contribution in [-0.2, 0) is 4.79 Å². The molecule has 3 N–H and O–H groups in total. The van der Waals surface area contributed by atoms with Gasteiger partial charge in [0.2, 0.25) is 0 Å². The van der Waals surface area contributed by atoms with Gasteiger partial charge in [-0.2, -0.15) is 0 Å². The Morgan fingerprint density at radius 2 is 1.95 bits per heavy atom. The van der Waals surface area contributed by atoms with Crippen LogP contribution < -0.4 is 0 Å². The predicted molar refractivity (Wildman–Crippen MR) is 74.9 cm³/mol. The lowest BCUT2D eigenvalue weighted by atomic mass is 10.1. The van der Waals surface area contributed by atoms with E-state index in [-0.39, 0.29) is 18.6 Å². The fraction of sp³-hybridized carbons (Fsp3) is 0.500. The molecule has 106 valence electrons. The van der Waals surface area contributed by atoms with Crippen molar-refractivity contribution >= 4 is 39.0 Å². The van der Waals surface area contributed by atoms with Gasteiger partial charge >= 0.3 is 5.97 Å². The third kappa shape index (κ3) is 5.02. The van der Waals surface area contributed by atoms with E-state index in [0.717, 1.165) is 11.3 Å². The molecular weight excluding hydrogens is 336 g/mol. The summed E-state index contributed by atoms with van der Waals surface area (Å²) < 4.78 is 0. The zero-order valence-corrected chi connectivity index (χ0v) is 12.5. The molecule has 0 aliphatic rings. The molecule has 1 rings (SSSR count). The summed E-state index contributed by atoms with van der Waals surface area (Å²) in [5.41, 5.74) is 0. The number of carbonyl (C=O) groups excluding carboxylic acids is 1. The van der Waals surface area contributed by atoms with Crippen molar-refractivity contribution in [2.24, 2.45) is 0 Å². The van der Waals surface area contributed by atoms with Crippen molar-refractivity contribution in [2.75, 3.05) is 5.33 Å². The van der Waals surface area contributed by atoms with Gasteiger partial charge in [-0.25, -0.2) is 0 Å². The maximum atomic E-state index is 11.7. The molecule has 7 heteroatoms. The van der Waals surface area contributed by atoms with Gasteiger partial charge in [0, 0.05) is 16.6 Å². The first-order chi connectivity index (χ1) is 8.95. The first-order valence-electron chi connectivity index (χ1n) is 5.72. The zero-order chi connectivity index (χ0) is 14.4. The first-order valence-corrected chi connectivity index (χ1v) is 7.66. The molecule has 0 radical (unpaired) electrons. The van der Waals surface area contributed by atoms with Crippen LogP contribution in [0.2, 0.25) is 0 Å². The lowest BCUT2D eigenvalue weighted by Crippen LogP contribution is -2.17. The lowest BCUT2D eigenvalue weighted by molar-refractivity contribution is -0.136. The standard InChI is InChI=1S/C12H15BrO5S/c13-6-5-8(15)12(18)10-3-2-9(19-10)7(14)1-4-11(16)17/h2-3,8,12,15,18H,1,4-6H2,(H,16,17). The van der Waals surface area contributed by atoms with Gasteiger partial charge in [0.15, 0.2) is 5.78 Å². The van der Waals surface area contributed by atoms with Crippen molar-refractivity contribution in [1.82, 2.24) is 0 Å². The summed E-state index contributed by atoms with van der Waals surface area (Å²) >= 11 is 4.26. The SMILES string of the molecule is O=C(O)CCC(=O)c1ccc(C(O)C(O)CCBr)s1. The monoisotopic (exact) mass is 350 g/mol. The van der Waals surface area contributed by atoms with Crippen LogP contribution in [0.1, 0.15) is 39.9 Å². The van der Waals surface area contributed by atoms with Gasteiger partial charge in [-0.1, -0.05) is 15.9 Å². The average Bonchev–Trinajstić information content (AvgIpc) is 2.84. The third-order valence-corrected chi connectivity index (χ3v) is 4.18. The molecular formula is C12H15BrO5S. The summed E-state index contributed by atoms with van der Waals surface area (Å²) in [6, 6.07) is 3.13. The van der Waals surface area contributed by atoms with Crippen LogP contribution in [0.15, 0.2) is 12.1 Å². The van der Waals surface area contributed by atoms with Crippen LogP contribution in [0.25, 0.3) is 0 Å². The van der Waals surface area contributed by atoms with Gasteiger partial charge in [-0.15, -0.1) is 11.3 Å². The number of alkyl halides is 1. The number of rotatable bonds is 8. The molecule has 1 aromatic heterocycles. The molecule has 1 heterocycles. The minimum atomic E-state index is -1.02. The number of hydrogen-bond donors (Lipinski definition) is 3. The number of ketones is 1. The molecule has 0 aromatic carbocycles. The molecule has 0 saturated carbocycles. The van der Waals surface area contributed by atoms with Gasteiger partial charge in [0.1, 0.15) is 6.10 Å².